The summed E-state index contributed by atoms with van der Waals surface area (Å²) in [6.45, 7) is 0.546. The Labute approximate surface area is 157 Å². The van der Waals surface area contributed by atoms with Crippen molar-refractivity contribution >= 4 is 11.8 Å². The molecule has 0 unspecified atom stereocenters. The van der Waals surface area contributed by atoms with E-state index in [2.05, 4.69) is 10.6 Å². The number of rotatable bonds is 8. The van der Waals surface area contributed by atoms with Gasteiger partial charge >= 0.3 is 0 Å². The predicted molar refractivity (Wildman–Crippen MR) is 96.6 cm³/mol. The van der Waals surface area contributed by atoms with Crippen LogP contribution in [0.15, 0.2) is 18.2 Å². The van der Waals surface area contributed by atoms with Crippen LogP contribution >= 0.6 is 0 Å². The number of piperidine rings is 1. The van der Waals surface area contributed by atoms with E-state index in [-0.39, 0.29) is 31.6 Å². The summed E-state index contributed by atoms with van der Waals surface area (Å²) < 4.78 is 19.2. The van der Waals surface area contributed by atoms with Crippen molar-refractivity contribution in [3.05, 3.63) is 29.6 Å². The van der Waals surface area contributed by atoms with E-state index in [1.54, 1.807) is 6.07 Å². The zero-order chi connectivity index (χ0) is 19.4. The molecule has 1 aromatic carbocycles. The Morgan fingerprint density at radius 3 is 2.93 bits per heavy atom. The molecule has 2 aliphatic rings. The number of hydrogen-bond donors (Lipinski definition) is 3. The molecule has 0 aromatic heterocycles. The lowest BCUT2D eigenvalue weighted by Gasteiger charge is -2.38. The van der Waals surface area contributed by atoms with Crippen LogP contribution in [0.2, 0.25) is 0 Å². The second kappa shape index (κ2) is 8.22. The second-order valence-corrected chi connectivity index (χ2v) is 7.26. The van der Waals surface area contributed by atoms with E-state index in [0.717, 1.165) is 12.8 Å². The average molecular weight is 379 g/mol. The number of benzene rings is 1. The standard InChI is InChI=1S/C19H26FN3O4/c1-27-15-5-6-16(20)13(9-15)11-23-8-2-7-19(26,18(23)25)12-21-10-17(24)22-14-3-4-14/h5-6,9,14,21,26H,2-4,7-8,10-12H2,1H3,(H,22,24)/t19-/m1/s1. The Balaban J connectivity index is 1.58. The van der Waals surface area contributed by atoms with Gasteiger partial charge in [0.15, 0.2) is 5.60 Å². The minimum atomic E-state index is -1.59. The molecule has 0 bridgehead atoms. The van der Waals surface area contributed by atoms with Crippen molar-refractivity contribution < 1.29 is 23.8 Å². The van der Waals surface area contributed by atoms with E-state index < -0.39 is 17.3 Å². The molecule has 148 valence electrons. The highest BCUT2D eigenvalue weighted by Crippen LogP contribution is 2.25. The zero-order valence-corrected chi connectivity index (χ0v) is 15.5. The highest BCUT2D eigenvalue weighted by molar-refractivity contribution is 5.86. The number of carbonyl (C=O) groups is 2. The number of methoxy groups -OCH3 is 1. The van der Waals surface area contributed by atoms with Gasteiger partial charge in [-0.3, -0.25) is 9.59 Å². The topological polar surface area (TPSA) is 90.9 Å². The van der Waals surface area contributed by atoms with Gasteiger partial charge in [-0.25, -0.2) is 4.39 Å². The summed E-state index contributed by atoms with van der Waals surface area (Å²) in [7, 11) is 1.49. The van der Waals surface area contributed by atoms with Crippen molar-refractivity contribution in [3.63, 3.8) is 0 Å². The third-order valence-corrected chi connectivity index (χ3v) is 4.96. The lowest BCUT2D eigenvalue weighted by Crippen LogP contribution is -2.58. The molecule has 1 atom stereocenters. The molecule has 2 amide bonds. The number of carbonyl (C=O) groups excluding carboxylic acids is 2. The minimum absolute atomic E-state index is 0.0129. The van der Waals surface area contributed by atoms with Gasteiger partial charge in [-0.2, -0.15) is 0 Å². The summed E-state index contributed by atoms with van der Waals surface area (Å²) in [6.07, 6.45) is 2.91. The zero-order valence-electron chi connectivity index (χ0n) is 15.5. The largest absolute Gasteiger partial charge is 0.497 e. The van der Waals surface area contributed by atoms with Gasteiger partial charge in [0, 0.05) is 31.2 Å². The van der Waals surface area contributed by atoms with Crippen molar-refractivity contribution in [2.24, 2.45) is 0 Å². The van der Waals surface area contributed by atoms with E-state index in [9.17, 15) is 19.1 Å². The fourth-order valence-corrected chi connectivity index (χ4v) is 3.27. The molecule has 0 radical (unpaired) electrons. The molecule has 3 rings (SSSR count). The van der Waals surface area contributed by atoms with Crippen LogP contribution in [0.4, 0.5) is 4.39 Å². The van der Waals surface area contributed by atoms with Gasteiger partial charge in [0.05, 0.1) is 13.7 Å². The molecule has 0 spiro atoms. The lowest BCUT2D eigenvalue weighted by molar-refractivity contribution is -0.157. The molecule has 7 nitrogen and oxygen atoms in total. The van der Waals surface area contributed by atoms with E-state index >= 15 is 0 Å². The van der Waals surface area contributed by atoms with Crippen LogP contribution in [0.25, 0.3) is 0 Å². The number of nitrogens with zero attached hydrogens (tertiary/aromatic N) is 1. The van der Waals surface area contributed by atoms with Crippen LogP contribution in [-0.2, 0) is 16.1 Å². The first-order valence-electron chi connectivity index (χ1n) is 9.25. The van der Waals surface area contributed by atoms with E-state index in [0.29, 0.717) is 30.7 Å². The number of halogens is 1. The molecule has 1 aliphatic carbocycles. The highest BCUT2D eigenvalue weighted by Gasteiger charge is 2.42. The van der Waals surface area contributed by atoms with Crippen LogP contribution < -0.4 is 15.4 Å². The Morgan fingerprint density at radius 2 is 2.22 bits per heavy atom. The van der Waals surface area contributed by atoms with Crippen molar-refractivity contribution in [1.29, 1.82) is 0 Å². The van der Waals surface area contributed by atoms with Crippen molar-refractivity contribution in [2.75, 3.05) is 26.7 Å². The van der Waals surface area contributed by atoms with Gasteiger partial charge in [-0.15, -0.1) is 0 Å². The van der Waals surface area contributed by atoms with Crippen LogP contribution in [0.5, 0.6) is 5.75 Å². The summed E-state index contributed by atoms with van der Waals surface area (Å²) >= 11 is 0. The Hall–Kier alpha value is -2.19. The van der Waals surface area contributed by atoms with Crippen LogP contribution in [-0.4, -0.2) is 60.2 Å². The molecular weight excluding hydrogens is 353 g/mol. The highest BCUT2D eigenvalue weighted by atomic mass is 19.1. The molecule has 1 aliphatic heterocycles. The summed E-state index contributed by atoms with van der Waals surface area (Å²) in [4.78, 5) is 25.9. The van der Waals surface area contributed by atoms with Gasteiger partial charge in [0.1, 0.15) is 11.6 Å². The third kappa shape index (κ3) is 4.95. The monoisotopic (exact) mass is 379 g/mol. The average Bonchev–Trinajstić information content (AvgIpc) is 3.45. The quantitative estimate of drug-likeness (QED) is 0.614. The molecule has 1 heterocycles. The van der Waals surface area contributed by atoms with Gasteiger partial charge in [0.25, 0.3) is 5.91 Å². The molecule has 27 heavy (non-hydrogen) atoms. The Bertz CT molecular complexity index is 710. The Kier molecular flexibility index (Phi) is 5.96. The minimum Gasteiger partial charge on any atom is -0.497 e. The van der Waals surface area contributed by atoms with Crippen LogP contribution in [0, 0.1) is 5.82 Å². The maximum Gasteiger partial charge on any atom is 0.256 e. The van der Waals surface area contributed by atoms with E-state index in [1.807, 2.05) is 0 Å². The molecule has 2 fully saturated rings. The molecule has 1 aromatic rings. The SMILES string of the molecule is COc1ccc(F)c(CN2CCC[C@@](O)(CNCC(=O)NC3CC3)C2=O)c1. The van der Waals surface area contributed by atoms with Crippen molar-refractivity contribution in [3.8, 4) is 5.75 Å². The summed E-state index contributed by atoms with van der Waals surface area (Å²) in [6, 6.07) is 4.64. The first kappa shape index (κ1) is 19.6. The number of amides is 2. The van der Waals surface area contributed by atoms with Crippen LogP contribution in [0.3, 0.4) is 0 Å². The molecular formula is C19H26FN3O4. The molecule has 3 N–H and O–H groups in total. The summed E-state index contributed by atoms with van der Waals surface area (Å²) in [5.74, 6) is -0.507. The normalized spacial score (nSPS) is 22.6. The number of hydrogen-bond acceptors (Lipinski definition) is 5. The fourth-order valence-electron chi connectivity index (χ4n) is 3.27. The first-order chi connectivity index (χ1) is 12.9. The predicted octanol–water partition coefficient (Wildman–Crippen LogP) is 0.556. The first-order valence-corrected chi connectivity index (χ1v) is 9.25. The summed E-state index contributed by atoms with van der Waals surface area (Å²) in [5.41, 5.74) is -1.25. The van der Waals surface area contributed by atoms with Crippen molar-refractivity contribution in [1.82, 2.24) is 15.5 Å². The van der Waals surface area contributed by atoms with Gasteiger partial charge < -0.3 is 25.4 Å². The molecule has 1 saturated carbocycles. The number of nitrogens with one attached hydrogen (secondary N) is 2. The van der Waals surface area contributed by atoms with Gasteiger partial charge in [-0.1, -0.05) is 0 Å². The maximum absolute atomic E-state index is 14.1. The van der Waals surface area contributed by atoms with Gasteiger partial charge in [0.2, 0.25) is 5.91 Å². The lowest BCUT2D eigenvalue weighted by atomic mass is 9.91. The van der Waals surface area contributed by atoms with E-state index in [1.165, 1.54) is 24.1 Å². The molecule has 1 saturated heterocycles. The fraction of sp³-hybridized carbons (Fsp3) is 0.579. The Morgan fingerprint density at radius 1 is 1.44 bits per heavy atom. The maximum atomic E-state index is 14.1. The third-order valence-electron chi connectivity index (χ3n) is 4.96. The summed E-state index contributed by atoms with van der Waals surface area (Å²) in [5, 5.41) is 16.5. The van der Waals surface area contributed by atoms with Crippen molar-refractivity contribution in [2.45, 2.75) is 43.9 Å². The second-order valence-electron chi connectivity index (χ2n) is 7.26. The molecule has 8 heteroatoms. The number of likely N-dealkylation sites (tertiary alicyclic amines) is 1. The smallest absolute Gasteiger partial charge is 0.256 e. The number of aliphatic hydroxyl groups is 1. The van der Waals surface area contributed by atoms with Crippen LogP contribution in [0.1, 0.15) is 31.2 Å². The van der Waals surface area contributed by atoms with E-state index in [4.69, 9.17) is 4.74 Å². The van der Waals surface area contributed by atoms with Gasteiger partial charge in [-0.05, 0) is 43.9 Å². The number of ether oxygens (including phenoxy) is 1.